The van der Waals surface area contributed by atoms with Gasteiger partial charge in [0, 0.05) is 6.42 Å². The predicted octanol–water partition coefficient (Wildman–Crippen LogP) is -2.75. The SMILES string of the molecule is NCCCC(O)(P(=O)(O)O)P(=O)(O)O.O.[KH]. The Morgan fingerprint density at radius 3 is 1.56 bits per heavy atom. The number of rotatable bonds is 5. The van der Waals surface area contributed by atoms with Gasteiger partial charge in [0.1, 0.15) is 0 Å². The van der Waals surface area contributed by atoms with Crippen LogP contribution in [0.2, 0.25) is 0 Å². The Bertz CT molecular complexity index is 264. The van der Waals surface area contributed by atoms with Gasteiger partial charge in [-0.1, -0.05) is 0 Å². The van der Waals surface area contributed by atoms with E-state index in [1.165, 1.54) is 0 Å². The molecule has 0 amide bonds. The van der Waals surface area contributed by atoms with E-state index in [1.54, 1.807) is 0 Å². The van der Waals surface area contributed by atoms with Crippen molar-refractivity contribution in [3.8, 4) is 0 Å². The van der Waals surface area contributed by atoms with E-state index in [1.807, 2.05) is 0 Å². The monoisotopic (exact) mass is 307 g/mol. The number of aliphatic hydroxyl groups is 1. The molecule has 96 valence electrons. The summed E-state index contributed by atoms with van der Waals surface area (Å²) in [6, 6.07) is 0. The molecule has 12 heteroatoms. The fraction of sp³-hybridized carbons (Fsp3) is 1.00. The van der Waals surface area contributed by atoms with Gasteiger partial charge in [0.05, 0.1) is 0 Å². The van der Waals surface area contributed by atoms with Gasteiger partial charge >= 0.3 is 66.6 Å². The zero-order valence-electron chi connectivity index (χ0n) is 7.65. The molecule has 0 atom stereocenters. The summed E-state index contributed by atoms with van der Waals surface area (Å²) >= 11 is 0. The molecule has 16 heavy (non-hydrogen) atoms. The van der Waals surface area contributed by atoms with Gasteiger partial charge in [-0.05, 0) is 13.0 Å². The van der Waals surface area contributed by atoms with E-state index in [9.17, 15) is 14.2 Å². The summed E-state index contributed by atoms with van der Waals surface area (Å²) in [7, 11) is -10.6. The van der Waals surface area contributed by atoms with Crippen LogP contribution in [0, 0.1) is 0 Å². The molecule has 0 aliphatic heterocycles. The van der Waals surface area contributed by atoms with Crippen molar-refractivity contribution in [3.63, 3.8) is 0 Å². The van der Waals surface area contributed by atoms with Crippen LogP contribution in [-0.4, -0.2) is 93.2 Å². The second-order valence-corrected chi connectivity index (χ2v) is 6.76. The van der Waals surface area contributed by atoms with E-state index in [0.29, 0.717) is 0 Å². The first-order valence-electron chi connectivity index (χ1n) is 3.60. The van der Waals surface area contributed by atoms with E-state index < -0.39 is 26.7 Å². The molecule has 0 saturated heterocycles. The Labute approximate surface area is 134 Å². The van der Waals surface area contributed by atoms with Crippen molar-refractivity contribution in [3.05, 3.63) is 0 Å². The van der Waals surface area contributed by atoms with Gasteiger partial charge in [-0.15, -0.1) is 0 Å². The Kier molecular flexibility index (Phi) is 11.6. The van der Waals surface area contributed by atoms with Gasteiger partial charge < -0.3 is 35.9 Å². The molecule has 0 aliphatic carbocycles. The van der Waals surface area contributed by atoms with Crippen LogP contribution >= 0.6 is 15.2 Å². The van der Waals surface area contributed by atoms with Gasteiger partial charge in [-0.2, -0.15) is 0 Å². The van der Waals surface area contributed by atoms with Crippen LogP contribution in [0.3, 0.4) is 0 Å². The van der Waals surface area contributed by atoms with Crippen LogP contribution in [-0.2, 0) is 9.13 Å². The molecule has 0 aromatic carbocycles. The molecule has 0 fully saturated rings. The van der Waals surface area contributed by atoms with Crippen LogP contribution < -0.4 is 5.73 Å². The number of hydrogen-bond acceptors (Lipinski definition) is 4. The van der Waals surface area contributed by atoms with Gasteiger partial charge in [-0.3, -0.25) is 9.13 Å². The minimum absolute atomic E-state index is 0. The zero-order chi connectivity index (χ0) is 11.6. The van der Waals surface area contributed by atoms with Crippen LogP contribution in [0.5, 0.6) is 0 Å². The Morgan fingerprint density at radius 1 is 1.06 bits per heavy atom. The Balaban J connectivity index is -0.000000845. The fourth-order valence-electron chi connectivity index (χ4n) is 0.800. The number of nitrogens with two attached hydrogens (primary N) is 1. The van der Waals surface area contributed by atoms with Crippen molar-refractivity contribution in [1.82, 2.24) is 0 Å². The quantitative estimate of drug-likeness (QED) is 0.232. The summed E-state index contributed by atoms with van der Waals surface area (Å²) in [6.45, 7) is -0.0394. The third kappa shape index (κ3) is 5.64. The molecule has 9 N–H and O–H groups in total. The summed E-state index contributed by atoms with van der Waals surface area (Å²) in [5.41, 5.74) is 5.01. The van der Waals surface area contributed by atoms with Crippen molar-refractivity contribution in [1.29, 1.82) is 0 Å². The zero-order valence-corrected chi connectivity index (χ0v) is 9.43. The van der Waals surface area contributed by atoms with E-state index in [0.717, 1.165) is 0 Å². The fourth-order valence-corrected chi connectivity index (χ4v) is 3.06. The second kappa shape index (κ2) is 8.08. The van der Waals surface area contributed by atoms with Crippen LogP contribution in [0.25, 0.3) is 0 Å². The maximum absolute atomic E-state index is 10.7. The molecule has 0 aromatic heterocycles. The van der Waals surface area contributed by atoms with Crippen LogP contribution in [0.1, 0.15) is 12.8 Å². The van der Waals surface area contributed by atoms with Crippen molar-refractivity contribution in [2.24, 2.45) is 5.73 Å². The normalized spacial score (nSPS) is 12.6. The molecule has 0 spiro atoms. The molecule has 9 nitrogen and oxygen atoms in total. The third-order valence-corrected chi connectivity index (χ3v) is 5.53. The Morgan fingerprint density at radius 2 is 1.38 bits per heavy atom. The maximum atomic E-state index is 10.7. The van der Waals surface area contributed by atoms with Crippen molar-refractivity contribution >= 4 is 66.6 Å². The second-order valence-electron chi connectivity index (χ2n) is 2.75. The molecular weight excluding hydrogens is 291 g/mol. The van der Waals surface area contributed by atoms with E-state index >= 15 is 0 Å². The van der Waals surface area contributed by atoms with E-state index in [-0.39, 0.29) is 69.8 Å². The first kappa shape index (κ1) is 23.0. The average molecular weight is 307 g/mol. The third-order valence-electron chi connectivity index (χ3n) is 1.65. The van der Waals surface area contributed by atoms with E-state index in [4.69, 9.17) is 25.3 Å². The summed E-state index contributed by atoms with van der Waals surface area (Å²) in [4.78, 5) is 34.5. The Hall–Kier alpha value is 1.82. The molecule has 0 rings (SSSR count). The van der Waals surface area contributed by atoms with Gasteiger partial charge in [0.25, 0.3) is 5.08 Å². The molecule has 0 aliphatic rings. The summed E-state index contributed by atoms with van der Waals surface area (Å²) in [5.74, 6) is 0. The molecular formula is C4H16KNO8P2. The minimum atomic E-state index is -5.30. The molecule has 0 radical (unpaired) electrons. The van der Waals surface area contributed by atoms with Crippen LogP contribution in [0.15, 0.2) is 0 Å². The van der Waals surface area contributed by atoms with Crippen molar-refractivity contribution < 1.29 is 39.3 Å². The number of hydrogen-bond donors (Lipinski definition) is 6. The standard InChI is InChI=1S/C4H13NO7P2.K.H2O.H/c5-3-1-2-4(6,13(7,8)9)14(10,11)12;;;/h6H,1-3,5H2,(H2,7,8,9)(H2,10,11,12);;1H2;. The molecule has 0 unspecified atom stereocenters. The first-order valence-corrected chi connectivity index (χ1v) is 6.82. The van der Waals surface area contributed by atoms with Crippen molar-refractivity contribution in [2.45, 2.75) is 17.9 Å². The summed E-state index contributed by atoms with van der Waals surface area (Å²) < 4.78 is 21.4. The first-order chi connectivity index (χ1) is 6.06. The predicted molar refractivity (Wildman–Crippen MR) is 58.1 cm³/mol. The van der Waals surface area contributed by atoms with Crippen molar-refractivity contribution in [2.75, 3.05) is 6.54 Å². The summed E-state index contributed by atoms with van der Waals surface area (Å²) in [6.07, 6.45) is -0.856. The average Bonchev–Trinajstić information content (AvgIpc) is 1.95. The topological polar surface area (TPSA) is 193 Å². The van der Waals surface area contributed by atoms with E-state index in [2.05, 4.69) is 0 Å². The molecule has 0 heterocycles. The summed E-state index contributed by atoms with van der Waals surface area (Å²) in [5, 5.41) is 5.91. The van der Waals surface area contributed by atoms with Gasteiger partial charge in [-0.25, -0.2) is 0 Å². The molecule has 0 aromatic rings. The van der Waals surface area contributed by atoms with Crippen LogP contribution in [0.4, 0.5) is 0 Å². The molecule has 0 saturated carbocycles. The van der Waals surface area contributed by atoms with Gasteiger partial charge in [0.2, 0.25) is 0 Å². The van der Waals surface area contributed by atoms with Gasteiger partial charge in [0.15, 0.2) is 0 Å². The molecule has 0 bridgehead atoms.